The van der Waals surface area contributed by atoms with Gasteiger partial charge in [0, 0.05) is 26.2 Å². The fraction of sp³-hybridized carbons (Fsp3) is 0.533. The highest BCUT2D eigenvalue weighted by atomic mass is 35.5. The van der Waals surface area contributed by atoms with Crippen molar-refractivity contribution < 1.29 is 31.1 Å². The standard InChI is InChI=1S/C15H20F3N3O4S.ClH/c16-15(17,18)25-12-5-1-2-6-13(12)26(23,24)21-9-3-4-11(10-21)14(22)20-8-7-19;/h1-2,5-6,11H,3-4,7-10,19H2,(H,20,22);1H. The number of nitrogens with zero attached hydrogens (tertiary/aromatic N) is 1. The highest BCUT2D eigenvalue weighted by Gasteiger charge is 2.37. The molecule has 1 heterocycles. The van der Waals surface area contributed by atoms with Crippen LogP contribution in [-0.2, 0) is 14.8 Å². The summed E-state index contributed by atoms with van der Waals surface area (Å²) in [5.74, 6) is -1.70. The lowest BCUT2D eigenvalue weighted by molar-refractivity contribution is -0.275. The second-order valence-electron chi connectivity index (χ2n) is 5.78. The van der Waals surface area contributed by atoms with E-state index >= 15 is 0 Å². The third-order valence-electron chi connectivity index (χ3n) is 3.89. The van der Waals surface area contributed by atoms with Crippen molar-refractivity contribution >= 4 is 28.3 Å². The van der Waals surface area contributed by atoms with E-state index in [-0.39, 0.29) is 44.5 Å². The molecule has 1 saturated heterocycles. The molecule has 1 unspecified atom stereocenters. The number of ether oxygens (including phenoxy) is 1. The fourth-order valence-corrected chi connectivity index (χ4v) is 4.36. The van der Waals surface area contributed by atoms with Gasteiger partial charge in [-0.1, -0.05) is 12.1 Å². The molecule has 1 amide bonds. The minimum atomic E-state index is -5.02. The summed E-state index contributed by atoms with van der Waals surface area (Å²) >= 11 is 0. The van der Waals surface area contributed by atoms with E-state index in [1.165, 1.54) is 12.1 Å². The maximum Gasteiger partial charge on any atom is 0.573 e. The van der Waals surface area contributed by atoms with Crippen molar-refractivity contribution in [1.82, 2.24) is 9.62 Å². The van der Waals surface area contributed by atoms with Crippen LogP contribution in [0.4, 0.5) is 13.2 Å². The van der Waals surface area contributed by atoms with E-state index in [0.29, 0.717) is 12.8 Å². The second kappa shape index (κ2) is 9.58. The highest BCUT2D eigenvalue weighted by molar-refractivity contribution is 7.89. The number of benzene rings is 1. The predicted molar refractivity (Wildman–Crippen MR) is 93.9 cm³/mol. The summed E-state index contributed by atoms with van der Waals surface area (Å²) < 4.78 is 68.1. The van der Waals surface area contributed by atoms with Gasteiger partial charge >= 0.3 is 6.36 Å². The number of amides is 1. The normalized spacial score (nSPS) is 18.4. The number of nitrogens with two attached hydrogens (primary N) is 1. The molecule has 0 spiro atoms. The van der Waals surface area contributed by atoms with Crippen molar-refractivity contribution in [3.8, 4) is 5.75 Å². The number of hydrogen-bond donors (Lipinski definition) is 2. The number of halogens is 4. The first kappa shape index (κ1) is 23.5. The van der Waals surface area contributed by atoms with Crippen LogP contribution in [-0.4, -0.2) is 51.2 Å². The van der Waals surface area contributed by atoms with E-state index < -0.39 is 32.9 Å². The van der Waals surface area contributed by atoms with Gasteiger partial charge in [-0.15, -0.1) is 25.6 Å². The SMILES string of the molecule is Cl.NCCNC(=O)C1CCCN(S(=O)(=O)c2ccccc2OC(F)(F)F)C1. The molecule has 27 heavy (non-hydrogen) atoms. The first-order valence-corrected chi connectivity index (χ1v) is 9.42. The van der Waals surface area contributed by atoms with Crippen molar-refractivity contribution in [2.75, 3.05) is 26.2 Å². The van der Waals surface area contributed by atoms with Crippen LogP contribution in [0.3, 0.4) is 0 Å². The number of hydrogen-bond acceptors (Lipinski definition) is 5. The van der Waals surface area contributed by atoms with Crippen LogP contribution in [0.25, 0.3) is 0 Å². The number of alkyl halides is 3. The molecule has 0 bridgehead atoms. The summed E-state index contributed by atoms with van der Waals surface area (Å²) in [5.41, 5.74) is 5.32. The average molecular weight is 432 g/mol. The van der Waals surface area contributed by atoms with E-state index in [1.807, 2.05) is 0 Å². The van der Waals surface area contributed by atoms with Gasteiger partial charge in [0.05, 0.1) is 5.92 Å². The van der Waals surface area contributed by atoms with Gasteiger partial charge in [-0.3, -0.25) is 4.79 Å². The van der Waals surface area contributed by atoms with Gasteiger partial charge in [0.15, 0.2) is 0 Å². The molecule has 1 atom stereocenters. The molecule has 0 saturated carbocycles. The number of carbonyl (C=O) groups is 1. The quantitative estimate of drug-likeness (QED) is 0.710. The topological polar surface area (TPSA) is 102 Å². The first-order valence-electron chi connectivity index (χ1n) is 7.98. The lowest BCUT2D eigenvalue weighted by atomic mass is 9.99. The van der Waals surface area contributed by atoms with E-state index in [1.54, 1.807) is 0 Å². The zero-order valence-corrected chi connectivity index (χ0v) is 15.9. The van der Waals surface area contributed by atoms with Gasteiger partial charge in [-0.25, -0.2) is 8.42 Å². The molecule has 12 heteroatoms. The minimum Gasteiger partial charge on any atom is -0.404 e. The summed E-state index contributed by atoms with van der Waals surface area (Å²) in [6.45, 7) is 0.523. The van der Waals surface area contributed by atoms with Crippen molar-refractivity contribution in [1.29, 1.82) is 0 Å². The number of carbonyl (C=O) groups excluding carboxylic acids is 1. The summed E-state index contributed by atoms with van der Waals surface area (Å²) in [5, 5.41) is 2.60. The summed E-state index contributed by atoms with van der Waals surface area (Å²) in [6.07, 6.45) is -4.11. The highest BCUT2D eigenvalue weighted by Crippen LogP contribution is 2.33. The van der Waals surface area contributed by atoms with Gasteiger partial charge in [-0.2, -0.15) is 4.31 Å². The first-order chi connectivity index (χ1) is 12.1. The summed E-state index contributed by atoms with van der Waals surface area (Å²) in [4.78, 5) is 11.5. The van der Waals surface area contributed by atoms with E-state index in [2.05, 4.69) is 10.1 Å². The Morgan fingerprint density at radius 1 is 1.33 bits per heavy atom. The zero-order valence-electron chi connectivity index (χ0n) is 14.2. The molecule has 0 aliphatic carbocycles. The third kappa shape index (κ3) is 6.23. The Balaban J connectivity index is 0.00000364. The molecule has 0 radical (unpaired) electrons. The van der Waals surface area contributed by atoms with Gasteiger partial charge < -0.3 is 15.8 Å². The number of rotatable bonds is 6. The Bertz CT molecular complexity index is 746. The molecule has 154 valence electrons. The lowest BCUT2D eigenvalue weighted by Gasteiger charge is -2.31. The average Bonchev–Trinajstić information content (AvgIpc) is 2.58. The maximum atomic E-state index is 12.8. The van der Waals surface area contributed by atoms with Crippen LogP contribution in [0.1, 0.15) is 12.8 Å². The number of para-hydroxylation sites is 1. The predicted octanol–water partition coefficient (Wildman–Crippen LogP) is 1.48. The van der Waals surface area contributed by atoms with Crippen LogP contribution in [0.15, 0.2) is 29.2 Å². The molecule has 1 aliphatic heterocycles. The molecular formula is C15H21ClF3N3O4S. The van der Waals surface area contributed by atoms with Crippen molar-refractivity contribution in [2.24, 2.45) is 11.7 Å². The Kier molecular flexibility index (Phi) is 8.33. The Morgan fingerprint density at radius 2 is 2.00 bits per heavy atom. The van der Waals surface area contributed by atoms with Gasteiger partial charge in [0.2, 0.25) is 15.9 Å². The summed E-state index contributed by atoms with van der Waals surface area (Å²) in [6, 6.07) is 4.55. The summed E-state index contributed by atoms with van der Waals surface area (Å²) in [7, 11) is -4.25. The molecule has 1 fully saturated rings. The van der Waals surface area contributed by atoms with E-state index in [0.717, 1.165) is 16.4 Å². The molecule has 7 nitrogen and oxygen atoms in total. The molecule has 0 aromatic heterocycles. The van der Waals surface area contributed by atoms with Crippen molar-refractivity contribution in [3.63, 3.8) is 0 Å². The van der Waals surface area contributed by atoms with Crippen LogP contribution >= 0.6 is 12.4 Å². The van der Waals surface area contributed by atoms with Crippen LogP contribution in [0.5, 0.6) is 5.75 Å². The Hall–Kier alpha value is -1.56. The van der Waals surface area contributed by atoms with E-state index in [4.69, 9.17) is 5.73 Å². The number of sulfonamides is 1. The van der Waals surface area contributed by atoms with Crippen LogP contribution in [0, 0.1) is 5.92 Å². The monoisotopic (exact) mass is 431 g/mol. The molecule has 1 aliphatic rings. The minimum absolute atomic E-state index is 0. The molecule has 1 aromatic carbocycles. The molecule has 1 aromatic rings. The smallest absolute Gasteiger partial charge is 0.404 e. The van der Waals surface area contributed by atoms with Crippen LogP contribution < -0.4 is 15.8 Å². The lowest BCUT2D eigenvalue weighted by Crippen LogP contribution is -2.46. The maximum absolute atomic E-state index is 12.8. The molecule has 2 rings (SSSR count). The third-order valence-corrected chi connectivity index (χ3v) is 5.80. The fourth-order valence-electron chi connectivity index (χ4n) is 2.73. The number of nitrogens with one attached hydrogen (secondary N) is 1. The van der Waals surface area contributed by atoms with Gasteiger partial charge in [-0.05, 0) is 25.0 Å². The Labute approximate surface area is 161 Å². The molecule has 3 N–H and O–H groups in total. The van der Waals surface area contributed by atoms with Crippen molar-refractivity contribution in [2.45, 2.75) is 24.1 Å². The van der Waals surface area contributed by atoms with Gasteiger partial charge in [0.25, 0.3) is 0 Å². The van der Waals surface area contributed by atoms with Crippen molar-refractivity contribution in [3.05, 3.63) is 24.3 Å². The second-order valence-corrected chi connectivity index (χ2v) is 7.68. The molecular weight excluding hydrogens is 411 g/mol. The van der Waals surface area contributed by atoms with E-state index in [9.17, 15) is 26.4 Å². The van der Waals surface area contributed by atoms with Crippen LogP contribution in [0.2, 0.25) is 0 Å². The largest absolute Gasteiger partial charge is 0.573 e. The zero-order chi connectivity index (χ0) is 19.4. The Morgan fingerprint density at radius 3 is 2.63 bits per heavy atom. The van der Waals surface area contributed by atoms with Gasteiger partial charge in [0.1, 0.15) is 10.6 Å². The number of piperidine rings is 1.